The highest BCUT2D eigenvalue weighted by Crippen LogP contribution is 2.21. The van der Waals surface area contributed by atoms with Crippen LogP contribution in [0.15, 0.2) is 71.7 Å². The summed E-state index contributed by atoms with van der Waals surface area (Å²) in [5.41, 5.74) is 5.28. The maximum absolute atomic E-state index is 12.9. The Morgan fingerprint density at radius 3 is 2.52 bits per heavy atom. The Balaban J connectivity index is 1.69. The number of hydrogen-bond donors (Lipinski definition) is 0. The second kappa shape index (κ2) is 7.75. The van der Waals surface area contributed by atoms with Crippen LogP contribution in [0.1, 0.15) is 22.3 Å². The summed E-state index contributed by atoms with van der Waals surface area (Å²) in [6.45, 7) is 4.56. The van der Waals surface area contributed by atoms with Gasteiger partial charge in [-0.05, 0) is 66.4 Å². The van der Waals surface area contributed by atoms with E-state index in [1.807, 2.05) is 42.6 Å². The molecule has 0 aliphatic heterocycles. The summed E-state index contributed by atoms with van der Waals surface area (Å²) in [5, 5.41) is 0. The molecule has 0 saturated heterocycles. The van der Waals surface area contributed by atoms with Crippen molar-refractivity contribution in [2.45, 2.75) is 20.5 Å². The van der Waals surface area contributed by atoms with Gasteiger partial charge in [-0.2, -0.15) is 0 Å². The molecule has 0 unspecified atom stereocenters. The number of ether oxygens (including phenoxy) is 1. The van der Waals surface area contributed by atoms with Gasteiger partial charge in [0.15, 0.2) is 0 Å². The lowest BCUT2D eigenvalue weighted by atomic mass is 10.1. The topological polar surface area (TPSA) is 21.6 Å². The summed E-state index contributed by atoms with van der Waals surface area (Å²) in [4.78, 5) is 4.58. The van der Waals surface area contributed by atoms with Gasteiger partial charge in [-0.1, -0.05) is 36.4 Å². The fourth-order valence-corrected chi connectivity index (χ4v) is 2.45. The molecule has 0 heterocycles. The molecule has 126 valence electrons. The molecule has 3 rings (SSSR count). The lowest BCUT2D eigenvalue weighted by Gasteiger charge is -2.07. The maximum atomic E-state index is 12.9. The molecule has 0 saturated carbocycles. The third kappa shape index (κ3) is 4.54. The van der Waals surface area contributed by atoms with Crippen molar-refractivity contribution in [1.82, 2.24) is 0 Å². The Morgan fingerprint density at radius 1 is 0.960 bits per heavy atom. The van der Waals surface area contributed by atoms with Gasteiger partial charge in [-0.3, -0.25) is 4.99 Å². The molecule has 3 aromatic rings. The fraction of sp³-hybridized carbons (Fsp3) is 0.136. The lowest BCUT2D eigenvalue weighted by molar-refractivity contribution is 0.306. The highest BCUT2D eigenvalue weighted by Gasteiger charge is 2.00. The summed E-state index contributed by atoms with van der Waals surface area (Å²) in [6, 6.07) is 20.2. The largest absolute Gasteiger partial charge is 0.489 e. The van der Waals surface area contributed by atoms with Crippen molar-refractivity contribution < 1.29 is 9.13 Å². The molecule has 25 heavy (non-hydrogen) atoms. The molecule has 3 aromatic carbocycles. The molecule has 0 aromatic heterocycles. The number of aliphatic imine (C=N–C) groups is 1. The van der Waals surface area contributed by atoms with Crippen LogP contribution in [-0.2, 0) is 6.61 Å². The Kier molecular flexibility index (Phi) is 5.24. The number of halogens is 1. The Hall–Kier alpha value is -2.94. The normalized spacial score (nSPS) is 11.0. The van der Waals surface area contributed by atoms with Crippen LogP contribution in [-0.4, -0.2) is 6.21 Å². The molecule has 0 fully saturated rings. The smallest absolute Gasteiger partial charge is 0.123 e. The van der Waals surface area contributed by atoms with E-state index in [0.29, 0.717) is 6.61 Å². The van der Waals surface area contributed by atoms with E-state index in [4.69, 9.17) is 4.74 Å². The van der Waals surface area contributed by atoms with Gasteiger partial charge in [0.05, 0.1) is 5.69 Å². The van der Waals surface area contributed by atoms with Gasteiger partial charge in [0.1, 0.15) is 18.2 Å². The highest BCUT2D eigenvalue weighted by atomic mass is 19.1. The van der Waals surface area contributed by atoms with Gasteiger partial charge < -0.3 is 4.74 Å². The van der Waals surface area contributed by atoms with E-state index in [2.05, 4.69) is 24.9 Å². The van der Waals surface area contributed by atoms with Crippen LogP contribution < -0.4 is 4.74 Å². The van der Waals surface area contributed by atoms with E-state index in [1.54, 1.807) is 12.1 Å². The van der Waals surface area contributed by atoms with E-state index in [9.17, 15) is 4.39 Å². The maximum Gasteiger partial charge on any atom is 0.123 e. The molecule has 0 spiro atoms. The predicted molar refractivity (Wildman–Crippen MR) is 100 cm³/mol. The number of benzene rings is 3. The first-order valence-electron chi connectivity index (χ1n) is 8.19. The van der Waals surface area contributed by atoms with E-state index in [-0.39, 0.29) is 5.82 Å². The molecule has 0 amide bonds. The van der Waals surface area contributed by atoms with Crippen molar-refractivity contribution in [2.75, 3.05) is 0 Å². The van der Waals surface area contributed by atoms with Crippen LogP contribution in [0, 0.1) is 19.7 Å². The minimum absolute atomic E-state index is 0.242. The molecule has 0 radical (unpaired) electrons. The van der Waals surface area contributed by atoms with Crippen molar-refractivity contribution in [2.24, 2.45) is 4.99 Å². The van der Waals surface area contributed by atoms with Crippen LogP contribution in [0.25, 0.3) is 0 Å². The zero-order valence-electron chi connectivity index (χ0n) is 14.4. The van der Waals surface area contributed by atoms with Crippen LogP contribution in [0.3, 0.4) is 0 Å². The molecule has 0 aliphatic carbocycles. The minimum atomic E-state index is -0.242. The van der Waals surface area contributed by atoms with Crippen molar-refractivity contribution >= 4 is 11.9 Å². The van der Waals surface area contributed by atoms with Crippen LogP contribution in [0.2, 0.25) is 0 Å². The first kappa shape index (κ1) is 16.9. The summed E-state index contributed by atoms with van der Waals surface area (Å²) in [5.74, 6) is 0.516. The third-order valence-electron chi connectivity index (χ3n) is 4.11. The standard InChI is InChI=1S/C22H20FNO/c1-16-5-3-8-22(17(16)2)24-14-19-6-4-7-21(13-19)25-15-18-9-11-20(23)12-10-18/h3-14H,15H2,1-2H3. The summed E-state index contributed by atoms with van der Waals surface area (Å²) >= 11 is 0. The second-order valence-corrected chi connectivity index (χ2v) is 5.96. The average Bonchev–Trinajstić information content (AvgIpc) is 2.63. The summed E-state index contributed by atoms with van der Waals surface area (Å²) in [6.07, 6.45) is 1.84. The number of hydrogen-bond acceptors (Lipinski definition) is 2. The summed E-state index contributed by atoms with van der Waals surface area (Å²) < 4.78 is 18.7. The Labute approximate surface area is 147 Å². The monoisotopic (exact) mass is 333 g/mol. The highest BCUT2D eigenvalue weighted by molar-refractivity contribution is 5.83. The quantitative estimate of drug-likeness (QED) is 0.543. The molecular formula is C22H20FNO. The van der Waals surface area contributed by atoms with Crippen LogP contribution >= 0.6 is 0 Å². The van der Waals surface area contributed by atoms with Gasteiger partial charge in [0.2, 0.25) is 0 Å². The van der Waals surface area contributed by atoms with E-state index in [0.717, 1.165) is 22.6 Å². The van der Waals surface area contributed by atoms with Crippen molar-refractivity contribution in [3.8, 4) is 5.75 Å². The van der Waals surface area contributed by atoms with Crippen molar-refractivity contribution in [1.29, 1.82) is 0 Å². The van der Waals surface area contributed by atoms with E-state index in [1.165, 1.54) is 23.3 Å². The molecular weight excluding hydrogens is 313 g/mol. The summed E-state index contributed by atoms with van der Waals surface area (Å²) in [7, 11) is 0. The van der Waals surface area contributed by atoms with E-state index >= 15 is 0 Å². The second-order valence-electron chi connectivity index (χ2n) is 5.96. The number of nitrogens with zero attached hydrogens (tertiary/aromatic N) is 1. The van der Waals surface area contributed by atoms with Crippen molar-refractivity contribution in [3.05, 3.63) is 94.8 Å². The Morgan fingerprint density at radius 2 is 1.72 bits per heavy atom. The zero-order chi connectivity index (χ0) is 17.6. The molecule has 0 atom stereocenters. The van der Waals surface area contributed by atoms with E-state index < -0.39 is 0 Å². The molecule has 2 nitrogen and oxygen atoms in total. The number of aryl methyl sites for hydroxylation is 1. The zero-order valence-corrected chi connectivity index (χ0v) is 14.4. The third-order valence-corrected chi connectivity index (χ3v) is 4.11. The van der Waals surface area contributed by atoms with Crippen LogP contribution in [0.4, 0.5) is 10.1 Å². The van der Waals surface area contributed by atoms with Gasteiger partial charge in [0, 0.05) is 6.21 Å². The van der Waals surface area contributed by atoms with Crippen molar-refractivity contribution in [3.63, 3.8) is 0 Å². The number of rotatable bonds is 5. The SMILES string of the molecule is Cc1cccc(N=Cc2cccc(OCc3ccc(F)cc3)c2)c1C. The lowest BCUT2D eigenvalue weighted by Crippen LogP contribution is -1.96. The molecule has 3 heteroatoms. The minimum Gasteiger partial charge on any atom is -0.489 e. The van der Waals surface area contributed by atoms with Gasteiger partial charge >= 0.3 is 0 Å². The average molecular weight is 333 g/mol. The van der Waals surface area contributed by atoms with Gasteiger partial charge in [-0.15, -0.1) is 0 Å². The fourth-order valence-electron chi connectivity index (χ4n) is 2.45. The predicted octanol–water partition coefficient (Wildman–Crippen LogP) is 5.77. The first-order valence-corrected chi connectivity index (χ1v) is 8.19. The first-order chi connectivity index (χ1) is 12.1. The Bertz CT molecular complexity index is 885. The van der Waals surface area contributed by atoms with Gasteiger partial charge in [0.25, 0.3) is 0 Å². The molecule has 0 N–H and O–H groups in total. The van der Waals surface area contributed by atoms with Crippen LogP contribution in [0.5, 0.6) is 5.75 Å². The van der Waals surface area contributed by atoms with Gasteiger partial charge in [-0.25, -0.2) is 4.39 Å². The molecule has 0 bridgehead atoms. The molecule has 0 aliphatic rings.